The Labute approximate surface area is 105 Å². The molecule has 0 aliphatic rings. The third kappa shape index (κ3) is 5.03. The number of nitrogens with zero attached hydrogens (tertiary/aromatic N) is 1. The molecule has 0 saturated carbocycles. The van der Waals surface area contributed by atoms with Gasteiger partial charge >= 0.3 is 6.18 Å². The standard InChI is InChI=1S/C10H20F3NO.Co/c1-6(2)14(7(3)4)8(5)9(15)10(11,12)13;/h6-9,15H,1-5H3;. The molecule has 2 atom stereocenters. The fourth-order valence-corrected chi connectivity index (χ4v) is 1.97. The van der Waals surface area contributed by atoms with Gasteiger partial charge in [0.25, 0.3) is 0 Å². The van der Waals surface area contributed by atoms with Crippen molar-refractivity contribution in [3.63, 3.8) is 0 Å². The van der Waals surface area contributed by atoms with E-state index < -0.39 is 18.3 Å². The maximum Gasteiger partial charge on any atom is 0.415 e. The molecule has 0 heterocycles. The Balaban J connectivity index is 0. The largest absolute Gasteiger partial charge is 0.415 e. The molecule has 2 nitrogen and oxygen atoms in total. The molecule has 0 aliphatic carbocycles. The van der Waals surface area contributed by atoms with Crippen molar-refractivity contribution in [2.24, 2.45) is 0 Å². The molecule has 6 heteroatoms. The summed E-state index contributed by atoms with van der Waals surface area (Å²) in [5.74, 6) is 0. The van der Waals surface area contributed by atoms with Crippen molar-refractivity contribution in [1.82, 2.24) is 4.90 Å². The summed E-state index contributed by atoms with van der Waals surface area (Å²) < 4.78 is 36.9. The predicted octanol–water partition coefficient (Wildman–Crippen LogP) is 2.41. The van der Waals surface area contributed by atoms with Crippen LogP contribution in [-0.4, -0.2) is 40.4 Å². The summed E-state index contributed by atoms with van der Waals surface area (Å²) in [4.78, 5) is 1.65. The molecule has 0 bridgehead atoms. The molecule has 0 spiro atoms. The molecule has 0 aliphatic heterocycles. The molecular weight excluding hydrogens is 266 g/mol. The van der Waals surface area contributed by atoms with Crippen LogP contribution in [0.3, 0.4) is 0 Å². The number of rotatable bonds is 4. The molecule has 0 aromatic carbocycles. The first kappa shape index (κ1) is 18.6. The van der Waals surface area contributed by atoms with Crippen LogP contribution < -0.4 is 0 Å². The Hall–Kier alpha value is 0.216. The van der Waals surface area contributed by atoms with Crippen LogP contribution in [0.15, 0.2) is 0 Å². The fraction of sp³-hybridized carbons (Fsp3) is 1.00. The van der Waals surface area contributed by atoms with Gasteiger partial charge in [0, 0.05) is 34.9 Å². The van der Waals surface area contributed by atoms with Crippen LogP contribution >= 0.6 is 0 Å². The second-order valence-electron chi connectivity index (χ2n) is 4.36. The summed E-state index contributed by atoms with van der Waals surface area (Å²) in [7, 11) is 0. The van der Waals surface area contributed by atoms with Crippen molar-refractivity contribution in [2.75, 3.05) is 0 Å². The second-order valence-corrected chi connectivity index (χ2v) is 4.36. The number of hydrogen-bond donors (Lipinski definition) is 1. The molecule has 0 amide bonds. The number of hydrogen-bond acceptors (Lipinski definition) is 2. The molecule has 0 rings (SSSR count). The minimum Gasteiger partial charge on any atom is -0.382 e. The zero-order valence-corrected chi connectivity index (χ0v) is 11.2. The average Bonchev–Trinajstić information content (AvgIpc) is 1.99. The number of halogens is 3. The summed E-state index contributed by atoms with van der Waals surface area (Å²) in [5, 5.41) is 9.16. The van der Waals surface area contributed by atoms with Crippen molar-refractivity contribution < 1.29 is 35.1 Å². The molecule has 1 N–H and O–H groups in total. The van der Waals surface area contributed by atoms with Crippen molar-refractivity contribution in [3.05, 3.63) is 0 Å². The van der Waals surface area contributed by atoms with Crippen LogP contribution in [0, 0.1) is 0 Å². The van der Waals surface area contributed by atoms with Crippen LogP contribution in [-0.2, 0) is 16.8 Å². The summed E-state index contributed by atoms with van der Waals surface area (Å²) in [5.41, 5.74) is 0. The zero-order chi connectivity index (χ0) is 12.4. The monoisotopic (exact) mass is 286 g/mol. The Morgan fingerprint density at radius 2 is 1.25 bits per heavy atom. The first-order valence-corrected chi connectivity index (χ1v) is 5.11. The zero-order valence-electron chi connectivity index (χ0n) is 10.2. The predicted molar refractivity (Wildman–Crippen MR) is 53.6 cm³/mol. The van der Waals surface area contributed by atoms with E-state index in [1.54, 1.807) is 4.90 Å². The van der Waals surface area contributed by atoms with Crippen molar-refractivity contribution in [2.45, 2.75) is 65.0 Å². The second kappa shape index (κ2) is 6.83. The maximum atomic E-state index is 12.3. The van der Waals surface area contributed by atoms with E-state index in [2.05, 4.69) is 0 Å². The van der Waals surface area contributed by atoms with Gasteiger partial charge in [-0.15, -0.1) is 0 Å². The van der Waals surface area contributed by atoms with Gasteiger partial charge in [-0.05, 0) is 34.6 Å². The molecule has 16 heavy (non-hydrogen) atoms. The van der Waals surface area contributed by atoms with Gasteiger partial charge in [-0.1, -0.05) is 0 Å². The van der Waals surface area contributed by atoms with Gasteiger partial charge in [0.2, 0.25) is 0 Å². The minimum atomic E-state index is -4.55. The van der Waals surface area contributed by atoms with Crippen LogP contribution in [0.25, 0.3) is 0 Å². The number of aliphatic hydroxyl groups excluding tert-OH is 1. The van der Waals surface area contributed by atoms with Crippen LogP contribution in [0.2, 0.25) is 0 Å². The molecule has 0 aromatic rings. The van der Waals surface area contributed by atoms with E-state index in [-0.39, 0.29) is 28.9 Å². The Morgan fingerprint density at radius 3 is 1.44 bits per heavy atom. The minimum absolute atomic E-state index is 0. The topological polar surface area (TPSA) is 23.5 Å². The Bertz CT molecular complexity index is 189. The Morgan fingerprint density at radius 1 is 0.938 bits per heavy atom. The first-order chi connectivity index (χ1) is 6.59. The average molecular weight is 286 g/mol. The molecule has 101 valence electrons. The van der Waals surface area contributed by atoms with Crippen LogP contribution in [0.1, 0.15) is 34.6 Å². The van der Waals surface area contributed by atoms with Crippen LogP contribution in [0.5, 0.6) is 0 Å². The van der Waals surface area contributed by atoms with Gasteiger partial charge in [0.15, 0.2) is 6.10 Å². The first-order valence-electron chi connectivity index (χ1n) is 5.11. The van der Waals surface area contributed by atoms with Crippen molar-refractivity contribution in [1.29, 1.82) is 0 Å². The van der Waals surface area contributed by atoms with E-state index in [0.717, 1.165) is 0 Å². The third-order valence-corrected chi connectivity index (χ3v) is 2.46. The van der Waals surface area contributed by atoms with Crippen molar-refractivity contribution >= 4 is 0 Å². The third-order valence-electron chi connectivity index (χ3n) is 2.46. The van der Waals surface area contributed by atoms with E-state index in [9.17, 15) is 13.2 Å². The van der Waals surface area contributed by atoms with Gasteiger partial charge in [0.1, 0.15) is 0 Å². The van der Waals surface area contributed by atoms with Gasteiger partial charge in [0.05, 0.1) is 0 Å². The number of aliphatic hydroxyl groups is 1. The molecule has 0 fully saturated rings. The SMILES string of the molecule is CC(C)N(C(C)C)C(C)C(O)C(F)(F)F.[Co]. The van der Waals surface area contributed by atoms with E-state index in [1.165, 1.54) is 6.92 Å². The van der Waals surface area contributed by atoms with Crippen LogP contribution in [0.4, 0.5) is 13.2 Å². The maximum absolute atomic E-state index is 12.3. The van der Waals surface area contributed by atoms with Gasteiger partial charge < -0.3 is 5.11 Å². The van der Waals surface area contributed by atoms with Gasteiger partial charge in [-0.25, -0.2) is 0 Å². The van der Waals surface area contributed by atoms with Crippen molar-refractivity contribution in [3.8, 4) is 0 Å². The van der Waals surface area contributed by atoms with Gasteiger partial charge in [-0.3, -0.25) is 4.90 Å². The summed E-state index contributed by atoms with van der Waals surface area (Å²) in [6, 6.07) is -0.987. The molecular formula is C10H20CoF3NO. The molecule has 1 radical (unpaired) electrons. The summed E-state index contributed by atoms with van der Waals surface area (Å²) in [6.07, 6.45) is -6.84. The fourth-order valence-electron chi connectivity index (χ4n) is 1.97. The quantitative estimate of drug-likeness (QED) is 0.858. The van der Waals surface area contributed by atoms with E-state index >= 15 is 0 Å². The van der Waals surface area contributed by atoms with Gasteiger partial charge in [-0.2, -0.15) is 13.2 Å². The Kier molecular flexibility index (Phi) is 7.93. The van der Waals surface area contributed by atoms with E-state index in [4.69, 9.17) is 5.11 Å². The van der Waals surface area contributed by atoms with E-state index in [1.807, 2.05) is 27.7 Å². The summed E-state index contributed by atoms with van der Waals surface area (Å²) >= 11 is 0. The molecule has 0 saturated heterocycles. The van der Waals surface area contributed by atoms with E-state index in [0.29, 0.717) is 0 Å². The number of alkyl halides is 3. The normalized spacial score (nSPS) is 16.5. The molecule has 2 unspecified atom stereocenters. The summed E-state index contributed by atoms with van der Waals surface area (Å²) in [6.45, 7) is 8.68. The smallest absolute Gasteiger partial charge is 0.382 e. The molecule has 0 aromatic heterocycles.